The lowest BCUT2D eigenvalue weighted by Crippen LogP contribution is -2.27. The number of aryl methyl sites for hydroxylation is 1. The van der Waals surface area contributed by atoms with Gasteiger partial charge in [0.15, 0.2) is 23.2 Å². The molecule has 1 saturated heterocycles. The molecule has 170 valence electrons. The molecule has 2 aromatic carbocycles. The largest absolute Gasteiger partial charge is 0.491 e. The molecule has 3 rings (SSSR count). The predicted octanol–water partition coefficient (Wildman–Crippen LogP) is 6.81. The number of hydrogen-bond acceptors (Lipinski definition) is 3. The van der Waals surface area contributed by atoms with Gasteiger partial charge in [-0.15, -0.1) is 0 Å². The van der Waals surface area contributed by atoms with Crippen LogP contribution in [0.15, 0.2) is 30.3 Å². The topological polar surface area (TPSA) is 27.7 Å². The minimum absolute atomic E-state index is 0.0132. The summed E-state index contributed by atoms with van der Waals surface area (Å²) in [5.74, 6) is -1.81. The molecule has 1 heterocycles. The van der Waals surface area contributed by atoms with Crippen LogP contribution in [0, 0.1) is 24.4 Å². The number of ether oxygens (including phenoxy) is 3. The summed E-state index contributed by atoms with van der Waals surface area (Å²) in [5, 5.41) is 0. The Morgan fingerprint density at radius 1 is 1.00 bits per heavy atom. The van der Waals surface area contributed by atoms with Crippen molar-refractivity contribution in [3.8, 4) is 5.75 Å². The van der Waals surface area contributed by atoms with Crippen LogP contribution in [0.2, 0.25) is 0 Å². The molecule has 2 aromatic rings. The average Bonchev–Trinajstić information content (AvgIpc) is 2.78. The van der Waals surface area contributed by atoms with Gasteiger partial charge >= 0.3 is 0 Å². The quantitative estimate of drug-likeness (QED) is 0.383. The summed E-state index contributed by atoms with van der Waals surface area (Å²) in [6.45, 7) is 4.48. The van der Waals surface area contributed by atoms with E-state index in [2.05, 4.69) is 6.92 Å². The van der Waals surface area contributed by atoms with Crippen molar-refractivity contribution < 1.29 is 27.4 Å². The number of unbranched alkanes of at least 4 members (excludes halogenated alkanes) is 3. The van der Waals surface area contributed by atoms with Crippen LogP contribution in [0.3, 0.4) is 0 Å². The van der Waals surface area contributed by atoms with Gasteiger partial charge in [0.2, 0.25) is 0 Å². The molecule has 0 N–H and O–H groups in total. The van der Waals surface area contributed by atoms with Crippen molar-refractivity contribution in [3.05, 3.63) is 64.5 Å². The molecule has 0 saturated carbocycles. The SMILES string of the molecule is CCCCCCOc1ccc(C2CCC(OCc3ccc(C)c(F)c3F)CO2)cc1F. The maximum Gasteiger partial charge on any atom is 0.165 e. The monoisotopic (exact) mass is 436 g/mol. The molecular formula is C25H31F3O3. The smallest absolute Gasteiger partial charge is 0.165 e. The second-order valence-electron chi connectivity index (χ2n) is 8.10. The van der Waals surface area contributed by atoms with Crippen molar-refractivity contribution in [2.75, 3.05) is 13.2 Å². The summed E-state index contributed by atoms with van der Waals surface area (Å²) in [6.07, 6.45) is 5.23. The van der Waals surface area contributed by atoms with E-state index >= 15 is 0 Å². The number of halogens is 3. The van der Waals surface area contributed by atoms with E-state index in [0.29, 0.717) is 26.1 Å². The van der Waals surface area contributed by atoms with Crippen LogP contribution in [0.25, 0.3) is 0 Å². The molecule has 0 radical (unpaired) electrons. The van der Waals surface area contributed by atoms with Gasteiger partial charge in [0.1, 0.15) is 0 Å². The molecule has 1 aliphatic heterocycles. The first-order valence-corrected chi connectivity index (χ1v) is 11.1. The van der Waals surface area contributed by atoms with Crippen LogP contribution >= 0.6 is 0 Å². The van der Waals surface area contributed by atoms with Crippen LogP contribution in [-0.4, -0.2) is 19.3 Å². The summed E-state index contributed by atoms with van der Waals surface area (Å²) >= 11 is 0. The van der Waals surface area contributed by atoms with Gasteiger partial charge in [-0.05, 0) is 49.4 Å². The minimum atomic E-state index is -0.863. The zero-order valence-electron chi connectivity index (χ0n) is 18.3. The third-order valence-corrected chi connectivity index (χ3v) is 5.65. The summed E-state index contributed by atoms with van der Waals surface area (Å²) in [6, 6.07) is 8.04. The third-order valence-electron chi connectivity index (χ3n) is 5.65. The summed E-state index contributed by atoms with van der Waals surface area (Å²) in [5.41, 5.74) is 1.23. The average molecular weight is 437 g/mol. The Hall–Kier alpha value is -2.05. The highest BCUT2D eigenvalue weighted by molar-refractivity contribution is 5.31. The van der Waals surface area contributed by atoms with Crippen LogP contribution in [0.4, 0.5) is 13.2 Å². The van der Waals surface area contributed by atoms with E-state index in [-0.39, 0.29) is 41.5 Å². The molecule has 0 spiro atoms. The first-order valence-electron chi connectivity index (χ1n) is 11.1. The highest BCUT2D eigenvalue weighted by Gasteiger charge is 2.25. The van der Waals surface area contributed by atoms with Gasteiger partial charge < -0.3 is 14.2 Å². The van der Waals surface area contributed by atoms with Crippen LogP contribution in [-0.2, 0) is 16.1 Å². The Bertz CT molecular complexity index is 848. The van der Waals surface area contributed by atoms with E-state index in [1.54, 1.807) is 6.07 Å². The van der Waals surface area contributed by atoms with E-state index in [1.165, 1.54) is 25.1 Å². The zero-order chi connectivity index (χ0) is 22.2. The molecule has 2 unspecified atom stereocenters. The molecular weight excluding hydrogens is 405 g/mol. The lowest BCUT2D eigenvalue weighted by Gasteiger charge is -2.29. The first kappa shape index (κ1) is 23.6. The van der Waals surface area contributed by atoms with Crippen LogP contribution in [0.1, 0.15) is 68.2 Å². The van der Waals surface area contributed by atoms with Gasteiger partial charge in [-0.1, -0.05) is 44.4 Å². The van der Waals surface area contributed by atoms with Gasteiger partial charge in [-0.2, -0.15) is 0 Å². The van der Waals surface area contributed by atoms with Crippen molar-refractivity contribution >= 4 is 0 Å². The Morgan fingerprint density at radius 3 is 2.55 bits per heavy atom. The number of benzene rings is 2. The number of hydrogen-bond donors (Lipinski definition) is 0. The van der Waals surface area contributed by atoms with Crippen molar-refractivity contribution in [2.45, 2.75) is 71.2 Å². The van der Waals surface area contributed by atoms with E-state index in [9.17, 15) is 13.2 Å². The molecule has 3 nitrogen and oxygen atoms in total. The summed E-state index contributed by atoms with van der Waals surface area (Å²) < 4.78 is 59.2. The predicted molar refractivity (Wildman–Crippen MR) is 114 cm³/mol. The Labute approximate surface area is 182 Å². The van der Waals surface area contributed by atoms with Crippen molar-refractivity contribution in [1.82, 2.24) is 0 Å². The zero-order valence-corrected chi connectivity index (χ0v) is 18.3. The van der Waals surface area contributed by atoms with Gasteiger partial charge in [0, 0.05) is 5.56 Å². The van der Waals surface area contributed by atoms with E-state index in [4.69, 9.17) is 14.2 Å². The third kappa shape index (κ3) is 6.47. The Balaban J connectivity index is 1.46. The fraction of sp³-hybridized carbons (Fsp3) is 0.520. The standard InChI is InChI=1S/C25H31F3O3/c1-3-4-5-6-13-29-23-11-9-18(14-21(23)26)22-12-10-20(16-31-22)30-15-19-8-7-17(2)24(27)25(19)28/h7-9,11,14,20,22H,3-6,10,12-13,15-16H2,1-2H3. The van der Waals surface area contributed by atoms with Crippen LogP contribution in [0.5, 0.6) is 5.75 Å². The molecule has 0 aromatic heterocycles. The minimum Gasteiger partial charge on any atom is -0.491 e. The first-order chi connectivity index (χ1) is 15.0. The molecule has 6 heteroatoms. The molecule has 2 atom stereocenters. The molecule has 0 amide bonds. The van der Waals surface area contributed by atoms with Crippen molar-refractivity contribution in [3.63, 3.8) is 0 Å². The van der Waals surface area contributed by atoms with E-state index < -0.39 is 11.6 Å². The molecule has 0 bridgehead atoms. The van der Waals surface area contributed by atoms with Gasteiger partial charge in [0.05, 0.1) is 32.0 Å². The van der Waals surface area contributed by atoms with Gasteiger partial charge in [-0.3, -0.25) is 0 Å². The molecule has 0 aliphatic carbocycles. The lowest BCUT2D eigenvalue weighted by atomic mass is 10.00. The maximum absolute atomic E-state index is 14.4. The van der Waals surface area contributed by atoms with Crippen molar-refractivity contribution in [2.24, 2.45) is 0 Å². The second-order valence-corrected chi connectivity index (χ2v) is 8.10. The summed E-state index contributed by atoms with van der Waals surface area (Å²) in [7, 11) is 0. The lowest BCUT2D eigenvalue weighted by molar-refractivity contribution is -0.0925. The van der Waals surface area contributed by atoms with E-state index in [1.807, 2.05) is 6.07 Å². The highest BCUT2D eigenvalue weighted by Crippen LogP contribution is 2.32. The molecule has 1 aliphatic rings. The summed E-state index contributed by atoms with van der Waals surface area (Å²) in [4.78, 5) is 0. The van der Waals surface area contributed by atoms with E-state index in [0.717, 1.165) is 31.2 Å². The van der Waals surface area contributed by atoms with Gasteiger partial charge in [-0.25, -0.2) is 13.2 Å². The second kappa shape index (κ2) is 11.5. The normalized spacial score (nSPS) is 18.9. The number of rotatable bonds is 10. The van der Waals surface area contributed by atoms with Crippen molar-refractivity contribution in [1.29, 1.82) is 0 Å². The van der Waals surface area contributed by atoms with Gasteiger partial charge in [0.25, 0.3) is 0 Å². The molecule has 1 fully saturated rings. The Morgan fingerprint density at radius 2 is 1.84 bits per heavy atom. The fourth-order valence-electron chi connectivity index (χ4n) is 3.67. The maximum atomic E-state index is 14.4. The fourth-order valence-corrected chi connectivity index (χ4v) is 3.67. The Kier molecular flexibility index (Phi) is 8.79. The van der Waals surface area contributed by atoms with Crippen LogP contribution < -0.4 is 4.74 Å². The highest BCUT2D eigenvalue weighted by atomic mass is 19.2. The molecule has 31 heavy (non-hydrogen) atoms.